The van der Waals surface area contributed by atoms with Gasteiger partial charge >= 0.3 is 0 Å². The topological polar surface area (TPSA) is 29.9 Å². The van der Waals surface area contributed by atoms with Crippen molar-refractivity contribution < 1.29 is 0 Å². The third-order valence-electron chi connectivity index (χ3n) is 2.32. The van der Waals surface area contributed by atoms with E-state index < -0.39 is 0 Å². The number of nitrogens with zero attached hydrogens (tertiary/aromatic N) is 2. The number of rotatable bonds is 3. The van der Waals surface area contributed by atoms with E-state index in [1.54, 1.807) is 0 Å². The molecule has 1 aromatic carbocycles. The third-order valence-corrected chi connectivity index (χ3v) is 2.32. The molecule has 3 heteroatoms. The summed E-state index contributed by atoms with van der Waals surface area (Å²) < 4.78 is 1.86. The van der Waals surface area contributed by atoms with Gasteiger partial charge in [0.2, 0.25) is 0 Å². The summed E-state index contributed by atoms with van der Waals surface area (Å²) in [5.41, 5.74) is 3.46. The molecule has 0 aliphatic carbocycles. The molecule has 15 heavy (non-hydrogen) atoms. The van der Waals surface area contributed by atoms with Crippen LogP contribution in [0, 0.1) is 0 Å². The van der Waals surface area contributed by atoms with Crippen molar-refractivity contribution in [1.82, 2.24) is 15.1 Å². The summed E-state index contributed by atoms with van der Waals surface area (Å²) in [6.07, 6.45) is 2.05. The molecule has 0 fully saturated rings. The molecule has 1 heterocycles. The highest BCUT2D eigenvalue weighted by molar-refractivity contribution is 5.62. The monoisotopic (exact) mass is 201 g/mol. The van der Waals surface area contributed by atoms with E-state index in [1.165, 1.54) is 11.1 Å². The number of hydrogen-bond acceptors (Lipinski definition) is 2. The minimum atomic E-state index is 0.845. The Labute approximate surface area is 89.7 Å². The molecular formula is C12H15N3. The Kier molecular flexibility index (Phi) is 2.83. The van der Waals surface area contributed by atoms with Crippen LogP contribution in [0.4, 0.5) is 0 Å². The van der Waals surface area contributed by atoms with E-state index in [-0.39, 0.29) is 0 Å². The SMILES string of the molecule is CNCc1cn(C)nc1-c1ccccc1. The molecule has 0 spiro atoms. The Morgan fingerprint density at radius 3 is 2.67 bits per heavy atom. The second-order valence-electron chi connectivity index (χ2n) is 3.57. The molecule has 1 aromatic heterocycles. The van der Waals surface area contributed by atoms with E-state index >= 15 is 0 Å². The van der Waals surface area contributed by atoms with Crippen LogP contribution in [0.1, 0.15) is 5.56 Å². The fourth-order valence-electron chi connectivity index (χ4n) is 1.70. The van der Waals surface area contributed by atoms with Gasteiger partial charge in [-0.25, -0.2) is 0 Å². The molecule has 0 bridgehead atoms. The lowest BCUT2D eigenvalue weighted by atomic mass is 10.1. The molecule has 2 aromatic rings. The van der Waals surface area contributed by atoms with Crippen molar-refractivity contribution in [1.29, 1.82) is 0 Å². The fraction of sp³-hybridized carbons (Fsp3) is 0.250. The first-order chi connectivity index (χ1) is 7.31. The normalized spacial score (nSPS) is 10.5. The van der Waals surface area contributed by atoms with Crippen molar-refractivity contribution in [3.05, 3.63) is 42.1 Å². The van der Waals surface area contributed by atoms with Gasteiger partial charge in [-0.1, -0.05) is 30.3 Å². The summed E-state index contributed by atoms with van der Waals surface area (Å²) in [5, 5.41) is 7.63. The summed E-state index contributed by atoms with van der Waals surface area (Å²) in [6, 6.07) is 10.3. The van der Waals surface area contributed by atoms with Crippen LogP contribution in [0.15, 0.2) is 36.5 Å². The Bertz CT molecular complexity index is 431. The molecule has 0 amide bonds. The Morgan fingerprint density at radius 1 is 1.27 bits per heavy atom. The van der Waals surface area contributed by atoms with Crippen molar-refractivity contribution in [2.45, 2.75) is 6.54 Å². The highest BCUT2D eigenvalue weighted by Crippen LogP contribution is 2.20. The van der Waals surface area contributed by atoms with Crippen LogP contribution in [0.3, 0.4) is 0 Å². The van der Waals surface area contributed by atoms with Crippen LogP contribution in [0.5, 0.6) is 0 Å². The van der Waals surface area contributed by atoms with Gasteiger partial charge in [-0.2, -0.15) is 5.10 Å². The first-order valence-electron chi connectivity index (χ1n) is 5.04. The molecule has 0 aliphatic rings. The van der Waals surface area contributed by atoms with Gasteiger partial charge < -0.3 is 5.32 Å². The minimum absolute atomic E-state index is 0.845. The lowest BCUT2D eigenvalue weighted by molar-refractivity contribution is 0.765. The summed E-state index contributed by atoms with van der Waals surface area (Å²) in [7, 11) is 3.90. The maximum atomic E-state index is 4.48. The lowest BCUT2D eigenvalue weighted by Crippen LogP contribution is -2.05. The molecule has 2 rings (SSSR count). The van der Waals surface area contributed by atoms with E-state index in [9.17, 15) is 0 Å². The second kappa shape index (κ2) is 4.28. The van der Waals surface area contributed by atoms with Gasteiger partial charge in [-0.05, 0) is 7.05 Å². The molecule has 0 aliphatic heterocycles. The largest absolute Gasteiger partial charge is 0.316 e. The molecule has 1 N–H and O–H groups in total. The van der Waals surface area contributed by atoms with Gasteiger partial charge in [0, 0.05) is 30.9 Å². The predicted octanol–water partition coefficient (Wildman–Crippen LogP) is 1.81. The maximum absolute atomic E-state index is 4.48. The Hall–Kier alpha value is -1.61. The molecule has 78 valence electrons. The van der Waals surface area contributed by atoms with Gasteiger partial charge in [0.1, 0.15) is 0 Å². The van der Waals surface area contributed by atoms with Crippen LogP contribution in [-0.4, -0.2) is 16.8 Å². The number of aryl methyl sites for hydroxylation is 1. The van der Waals surface area contributed by atoms with Crippen molar-refractivity contribution in [2.24, 2.45) is 7.05 Å². The third kappa shape index (κ3) is 2.07. The van der Waals surface area contributed by atoms with Crippen molar-refractivity contribution in [3.8, 4) is 11.3 Å². The van der Waals surface area contributed by atoms with Crippen LogP contribution in [0.2, 0.25) is 0 Å². The van der Waals surface area contributed by atoms with E-state index in [1.807, 2.05) is 37.0 Å². The molecular weight excluding hydrogens is 186 g/mol. The van der Waals surface area contributed by atoms with Gasteiger partial charge in [-0.15, -0.1) is 0 Å². The highest BCUT2D eigenvalue weighted by Gasteiger charge is 2.08. The highest BCUT2D eigenvalue weighted by atomic mass is 15.3. The Balaban J connectivity index is 2.43. The first-order valence-corrected chi connectivity index (χ1v) is 5.04. The molecule has 3 nitrogen and oxygen atoms in total. The van der Waals surface area contributed by atoms with Crippen molar-refractivity contribution >= 4 is 0 Å². The quantitative estimate of drug-likeness (QED) is 0.820. The molecule has 0 saturated carbocycles. The summed E-state index contributed by atoms with van der Waals surface area (Å²) in [6.45, 7) is 0.845. The van der Waals surface area contributed by atoms with Crippen LogP contribution >= 0.6 is 0 Å². The second-order valence-corrected chi connectivity index (χ2v) is 3.57. The minimum Gasteiger partial charge on any atom is -0.316 e. The van der Waals surface area contributed by atoms with Crippen LogP contribution in [-0.2, 0) is 13.6 Å². The Morgan fingerprint density at radius 2 is 2.00 bits per heavy atom. The molecule has 0 radical (unpaired) electrons. The average molecular weight is 201 g/mol. The van der Waals surface area contributed by atoms with E-state index in [4.69, 9.17) is 0 Å². The van der Waals surface area contributed by atoms with Gasteiger partial charge in [0.15, 0.2) is 0 Å². The zero-order valence-corrected chi connectivity index (χ0v) is 9.07. The van der Waals surface area contributed by atoms with Gasteiger partial charge in [0.05, 0.1) is 5.69 Å². The zero-order valence-electron chi connectivity index (χ0n) is 9.07. The summed E-state index contributed by atoms with van der Waals surface area (Å²) in [4.78, 5) is 0. The zero-order chi connectivity index (χ0) is 10.7. The predicted molar refractivity (Wildman–Crippen MR) is 61.4 cm³/mol. The van der Waals surface area contributed by atoms with Crippen LogP contribution < -0.4 is 5.32 Å². The van der Waals surface area contributed by atoms with E-state index in [0.717, 1.165) is 12.2 Å². The van der Waals surface area contributed by atoms with Gasteiger partial charge in [0.25, 0.3) is 0 Å². The molecule has 0 atom stereocenters. The number of aromatic nitrogens is 2. The van der Waals surface area contributed by atoms with E-state index in [2.05, 4.69) is 28.7 Å². The average Bonchev–Trinajstić information content (AvgIpc) is 2.62. The van der Waals surface area contributed by atoms with Crippen molar-refractivity contribution in [2.75, 3.05) is 7.05 Å². The van der Waals surface area contributed by atoms with E-state index in [0.29, 0.717) is 0 Å². The number of hydrogen-bond donors (Lipinski definition) is 1. The number of benzene rings is 1. The number of nitrogens with one attached hydrogen (secondary N) is 1. The first kappa shape index (κ1) is 9.93. The van der Waals surface area contributed by atoms with Gasteiger partial charge in [-0.3, -0.25) is 4.68 Å². The smallest absolute Gasteiger partial charge is 0.0967 e. The standard InChI is InChI=1S/C12H15N3/c1-13-8-11-9-15(2)14-12(11)10-6-4-3-5-7-10/h3-7,9,13H,8H2,1-2H3. The van der Waals surface area contributed by atoms with Crippen LogP contribution in [0.25, 0.3) is 11.3 Å². The molecule has 0 unspecified atom stereocenters. The summed E-state index contributed by atoms with van der Waals surface area (Å²) >= 11 is 0. The maximum Gasteiger partial charge on any atom is 0.0967 e. The lowest BCUT2D eigenvalue weighted by Gasteiger charge is -2.00. The summed E-state index contributed by atoms with van der Waals surface area (Å²) in [5.74, 6) is 0. The van der Waals surface area contributed by atoms with Crippen molar-refractivity contribution in [3.63, 3.8) is 0 Å². The molecule has 0 saturated heterocycles. The fourth-order valence-corrected chi connectivity index (χ4v) is 1.70.